The van der Waals surface area contributed by atoms with E-state index in [0.717, 1.165) is 73.3 Å². The van der Waals surface area contributed by atoms with E-state index in [4.69, 9.17) is 19.6 Å². The van der Waals surface area contributed by atoms with Crippen LogP contribution in [0.2, 0.25) is 0 Å². The molecule has 1 N–H and O–H groups in total. The lowest BCUT2D eigenvalue weighted by Crippen LogP contribution is -2.55. The van der Waals surface area contributed by atoms with Gasteiger partial charge in [0, 0.05) is 40.2 Å². The van der Waals surface area contributed by atoms with Gasteiger partial charge in [0.2, 0.25) is 0 Å². The van der Waals surface area contributed by atoms with Gasteiger partial charge in [0.25, 0.3) is 0 Å². The third-order valence-electron chi connectivity index (χ3n) is 13.2. The van der Waals surface area contributed by atoms with Gasteiger partial charge in [-0.3, -0.25) is 4.68 Å². The fourth-order valence-electron chi connectivity index (χ4n) is 9.81. The Balaban J connectivity index is 1.29. The van der Waals surface area contributed by atoms with Crippen molar-refractivity contribution in [2.75, 3.05) is 18.8 Å². The molecule has 340 valence electrons. The van der Waals surface area contributed by atoms with E-state index in [-0.39, 0.29) is 36.3 Å². The number of hydrogen-bond acceptors (Lipinski definition) is 6. The second-order valence-corrected chi connectivity index (χ2v) is 20.4. The second-order valence-electron chi connectivity index (χ2n) is 19.1. The standard InChI is InChI=1S/C57H55FN4O4S/c1-6-67-50-31-48(65-42-33-61(34-42)55(63)64)44-29-43(37-27-28-37)52(54(53(44)59-50)66-49(32-56(3,4)5)38-19-11-7-12-20-38)51-36(2)46(58)30-47-45(51)35-62(60-47)57(39-21-13-8-14-22-39,40-23-15-9-16-24-40)41-25-17-10-18-26-41/h7-26,29-31,35,37,42,49H,6,27-28,32-34H2,1-5H3,(H,63,64)/t49-/m0/s1. The number of thioether (sulfide) groups is 1. The predicted molar refractivity (Wildman–Crippen MR) is 266 cm³/mol. The molecule has 10 heteroatoms. The number of nitrogens with zero attached hydrogens (tertiary/aromatic N) is 4. The molecule has 1 saturated heterocycles. The van der Waals surface area contributed by atoms with Gasteiger partial charge in [0.1, 0.15) is 39.9 Å². The zero-order valence-corrected chi connectivity index (χ0v) is 39.4. The normalized spacial score (nSPS) is 14.9. The minimum absolute atomic E-state index is 0.130. The van der Waals surface area contributed by atoms with E-state index in [9.17, 15) is 9.90 Å². The van der Waals surface area contributed by atoms with Crippen LogP contribution in [0.25, 0.3) is 32.9 Å². The highest BCUT2D eigenvalue weighted by Crippen LogP contribution is 2.55. The smallest absolute Gasteiger partial charge is 0.407 e. The summed E-state index contributed by atoms with van der Waals surface area (Å²) in [5.41, 5.74) is 7.20. The number of carboxylic acid groups (broad SMARTS) is 1. The summed E-state index contributed by atoms with van der Waals surface area (Å²) in [6.45, 7) is 11.2. The molecule has 2 fully saturated rings. The Kier molecular flexibility index (Phi) is 11.8. The van der Waals surface area contributed by atoms with Gasteiger partial charge in [0.15, 0.2) is 5.75 Å². The first-order chi connectivity index (χ1) is 32.4. The quantitative estimate of drug-likeness (QED) is 0.0858. The Bertz CT molecular complexity index is 2980. The molecular formula is C57H55FN4O4S. The molecule has 1 aliphatic carbocycles. The van der Waals surface area contributed by atoms with E-state index >= 15 is 4.39 Å². The summed E-state index contributed by atoms with van der Waals surface area (Å²) in [7, 11) is 0. The van der Waals surface area contributed by atoms with Crippen molar-refractivity contribution >= 4 is 39.7 Å². The average Bonchev–Trinajstić information content (AvgIpc) is 4.08. The second kappa shape index (κ2) is 17.9. The number of fused-ring (bicyclic) bond motifs is 2. The highest BCUT2D eigenvalue weighted by molar-refractivity contribution is 7.99. The number of aromatic nitrogens is 3. The van der Waals surface area contributed by atoms with Crippen LogP contribution in [0, 0.1) is 18.2 Å². The molecule has 10 rings (SSSR count). The van der Waals surface area contributed by atoms with Crippen molar-refractivity contribution < 1.29 is 23.8 Å². The number of rotatable bonds is 14. The van der Waals surface area contributed by atoms with E-state index in [0.29, 0.717) is 34.5 Å². The maximum Gasteiger partial charge on any atom is 0.407 e. The van der Waals surface area contributed by atoms with Crippen LogP contribution >= 0.6 is 11.8 Å². The number of hydrogen-bond donors (Lipinski definition) is 1. The lowest BCUT2D eigenvalue weighted by atomic mass is 9.77. The van der Waals surface area contributed by atoms with E-state index in [1.807, 2.05) is 54.1 Å². The third kappa shape index (κ3) is 8.41. The van der Waals surface area contributed by atoms with Gasteiger partial charge in [0.05, 0.1) is 18.6 Å². The minimum Gasteiger partial charge on any atom is -0.486 e. The first-order valence-electron chi connectivity index (χ1n) is 23.3. The van der Waals surface area contributed by atoms with Crippen molar-refractivity contribution in [1.29, 1.82) is 0 Å². The molecule has 0 radical (unpaired) electrons. The first-order valence-corrected chi connectivity index (χ1v) is 24.3. The average molecular weight is 911 g/mol. The van der Waals surface area contributed by atoms with Crippen molar-refractivity contribution in [1.82, 2.24) is 19.7 Å². The van der Waals surface area contributed by atoms with Gasteiger partial charge in [-0.1, -0.05) is 149 Å². The van der Waals surface area contributed by atoms with Crippen LogP contribution in [0.4, 0.5) is 9.18 Å². The lowest BCUT2D eigenvalue weighted by molar-refractivity contribution is 0.0259. The van der Waals surface area contributed by atoms with Crippen molar-refractivity contribution in [3.63, 3.8) is 0 Å². The molecule has 0 bridgehead atoms. The van der Waals surface area contributed by atoms with Crippen LogP contribution in [-0.4, -0.2) is 55.8 Å². The molecule has 1 aliphatic heterocycles. The molecule has 0 spiro atoms. The van der Waals surface area contributed by atoms with Crippen molar-refractivity contribution in [2.45, 2.75) is 82.6 Å². The first kappa shape index (κ1) is 44.2. The van der Waals surface area contributed by atoms with E-state index < -0.39 is 17.7 Å². The van der Waals surface area contributed by atoms with Crippen molar-refractivity contribution in [3.05, 3.63) is 185 Å². The summed E-state index contributed by atoms with van der Waals surface area (Å²) in [4.78, 5) is 18.6. The zero-order chi connectivity index (χ0) is 46.5. The Morgan fingerprint density at radius 1 is 0.821 bits per heavy atom. The lowest BCUT2D eigenvalue weighted by Gasteiger charge is -2.37. The van der Waals surface area contributed by atoms with Gasteiger partial charge in [-0.15, -0.1) is 11.8 Å². The molecular weight excluding hydrogens is 856 g/mol. The van der Waals surface area contributed by atoms with E-state index in [1.165, 1.54) is 4.90 Å². The predicted octanol–water partition coefficient (Wildman–Crippen LogP) is 13.8. The van der Waals surface area contributed by atoms with Crippen LogP contribution in [0.3, 0.4) is 0 Å². The fraction of sp³-hybridized carbons (Fsp3) is 0.281. The van der Waals surface area contributed by atoms with Crippen LogP contribution in [0.5, 0.6) is 11.5 Å². The SMILES string of the molecule is CCSc1cc(OC2CN(C(=O)O)C2)c2cc(C3CC3)c(-c3c(C)c(F)cc4nn(C(c5ccccc5)(c5ccccc5)c5ccccc5)cc34)c(O[C@@H](CC(C)(C)C)c3ccccc3)c2n1. The number of benzene rings is 6. The molecule has 6 aromatic carbocycles. The van der Waals surface area contributed by atoms with Gasteiger partial charge < -0.3 is 19.5 Å². The van der Waals surface area contributed by atoms with Gasteiger partial charge >= 0.3 is 6.09 Å². The summed E-state index contributed by atoms with van der Waals surface area (Å²) in [6, 6.07) is 47.3. The number of carbonyl (C=O) groups is 1. The highest BCUT2D eigenvalue weighted by Gasteiger charge is 2.41. The molecule has 2 aliphatic rings. The number of likely N-dealkylation sites (tertiary alicyclic amines) is 1. The number of halogens is 1. The Morgan fingerprint density at radius 3 is 1.94 bits per heavy atom. The molecule has 2 aromatic heterocycles. The molecule has 1 saturated carbocycles. The maximum atomic E-state index is 17.1. The molecule has 1 atom stereocenters. The molecule has 0 unspecified atom stereocenters. The zero-order valence-electron chi connectivity index (χ0n) is 38.6. The molecule has 8 nitrogen and oxygen atoms in total. The summed E-state index contributed by atoms with van der Waals surface area (Å²) in [5.74, 6) is 1.79. The van der Waals surface area contributed by atoms with E-state index in [1.54, 1.807) is 17.8 Å². The van der Waals surface area contributed by atoms with Gasteiger partial charge in [-0.2, -0.15) is 5.10 Å². The van der Waals surface area contributed by atoms with Crippen LogP contribution in [-0.2, 0) is 5.54 Å². The van der Waals surface area contributed by atoms with E-state index in [2.05, 4.69) is 125 Å². The Morgan fingerprint density at radius 2 is 1.40 bits per heavy atom. The monoisotopic (exact) mass is 910 g/mol. The van der Waals surface area contributed by atoms with Crippen molar-refractivity contribution in [3.8, 4) is 22.6 Å². The summed E-state index contributed by atoms with van der Waals surface area (Å²) in [6.07, 6.45) is 3.04. The number of ether oxygens (including phenoxy) is 2. The van der Waals surface area contributed by atoms with Gasteiger partial charge in [-0.25, -0.2) is 14.2 Å². The van der Waals surface area contributed by atoms with Crippen LogP contribution in [0.1, 0.15) is 92.4 Å². The summed E-state index contributed by atoms with van der Waals surface area (Å²) >= 11 is 1.60. The molecule has 1 amide bonds. The topological polar surface area (TPSA) is 89.7 Å². The van der Waals surface area contributed by atoms with Crippen LogP contribution < -0.4 is 9.47 Å². The Labute approximate surface area is 395 Å². The highest BCUT2D eigenvalue weighted by atomic mass is 32.2. The summed E-state index contributed by atoms with van der Waals surface area (Å²) < 4.78 is 33.6. The molecule has 8 aromatic rings. The largest absolute Gasteiger partial charge is 0.486 e. The molecule has 67 heavy (non-hydrogen) atoms. The summed E-state index contributed by atoms with van der Waals surface area (Å²) in [5, 5.41) is 17.4. The molecule has 3 heterocycles. The fourth-order valence-corrected chi connectivity index (χ4v) is 10.5. The van der Waals surface area contributed by atoms with Gasteiger partial charge in [-0.05, 0) is 82.7 Å². The van der Waals surface area contributed by atoms with Crippen LogP contribution in [0.15, 0.2) is 151 Å². The number of pyridine rings is 1. The maximum absolute atomic E-state index is 17.1. The van der Waals surface area contributed by atoms with Crippen molar-refractivity contribution in [2.24, 2.45) is 5.41 Å². The Hall–Kier alpha value is -6.65. The number of amides is 1. The third-order valence-corrected chi connectivity index (χ3v) is 13.9. The minimum atomic E-state index is -0.961.